The average molecular weight is 222 g/mol. The predicted octanol–water partition coefficient (Wildman–Crippen LogP) is 3.50. The normalized spacial score (nSPS) is 33.2. The Morgan fingerprint density at radius 2 is 1.88 bits per heavy atom. The third-order valence-electron chi connectivity index (χ3n) is 4.44. The first kappa shape index (κ1) is 11.9. The molecule has 2 rings (SSSR count). The van der Waals surface area contributed by atoms with E-state index in [2.05, 4.69) is 6.92 Å². The van der Waals surface area contributed by atoms with Crippen molar-refractivity contribution in [3.05, 3.63) is 0 Å². The molecule has 0 bridgehead atoms. The van der Waals surface area contributed by atoms with Gasteiger partial charge in [-0.15, -0.1) is 0 Å². The molecule has 92 valence electrons. The maximum absolute atomic E-state index is 6.15. The van der Waals surface area contributed by atoms with Crippen molar-refractivity contribution in [3.8, 4) is 0 Å². The smallest absolute Gasteiger partial charge is 0.0971 e. The van der Waals surface area contributed by atoms with Crippen molar-refractivity contribution >= 4 is 5.84 Å². The minimum Gasteiger partial charge on any atom is -0.387 e. The highest BCUT2D eigenvalue weighted by Crippen LogP contribution is 2.30. The fourth-order valence-corrected chi connectivity index (χ4v) is 3.29. The van der Waals surface area contributed by atoms with Gasteiger partial charge in [0.15, 0.2) is 0 Å². The molecule has 2 nitrogen and oxygen atoms in total. The maximum atomic E-state index is 6.15. The van der Waals surface area contributed by atoms with Gasteiger partial charge >= 0.3 is 0 Å². The summed E-state index contributed by atoms with van der Waals surface area (Å²) in [7, 11) is 0. The van der Waals surface area contributed by atoms with Gasteiger partial charge in [-0.1, -0.05) is 39.0 Å². The molecule has 0 saturated heterocycles. The van der Waals surface area contributed by atoms with Crippen LogP contribution in [0.25, 0.3) is 0 Å². The maximum Gasteiger partial charge on any atom is 0.0971 e. The fourth-order valence-electron chi connectivity index (χ4n) is 3.29. The molecule has 0 aliphatic heterocycles. The van der Waals surface area contributed by atoms with Crippen LogP contribution in [-0.4, -0.2) is 11.9 Å². The van der Waals surface area contributed by atoms with Gasteiger partial charge in [0.25, 0.3) is 0 Å². The lowest BCUT2D eigenvalue weighted by Gasteiger charge is -2.26. The molecule has 0 aromatic rings. The van der Waals surface area contributed by atoms with Gasteiger partial charge in [0.05, 0.1) is 11.9 Å². The van der Waals surface area contributed by atoms with E-state index in [0.717, 1.165) is 11.8 Å². The van der Waals surface area contributed by atoms with Crippen LogP contribution in [0.3, 0.4) is 0 Å². The van der Waals surface area contributed by atoms with E-state index in [4.69, 9.17) is 10.7 Å². The Hall–Kier alpha value is -0.530. The van der Waals surface area contributed by atoms with Crippen LogP contribution >= 0.6 is 0 Å². The van der Waals surface area contributed by atoms with Gasteiger partial charge in [0.2, 0.25) is 0 Å². The monoisotopic (exact) mass is 222 g/mol. The molecule has 2 unspecified atom stereocenters. The number of nitrogens with two attached hydrogens (primary N) is 1. The lowest BCUT2D eigenvalue weighted by atomic mass is 9.84. The van der Waals surface area contributed by atoms with Crippen LogP contribution in [0, 0.1) is 11.8 Å². The highest BCUT2D eigenvalue weighted by atomic mass is 14.9. The van der Waals surface area contributed by atoms with E-state index >= 15 is 0 Å². The van der Waals surface area contributed by atoms with Crippen LogP contribution in [0.15, 0.2) is 4.99 Å². The summed E-state index contributed by atoms with van der Waals surface area (Å²) in [5, 5.41) is 0. The number of rotatable bonds is 3. The van der Waals surface area contributed by atoms with Crippen LogP contribution in [0.2, 0.25) is 0 Å². The zero-order valence-corrected chi connectivity index (χ0v) is 10.6. The molecule has 0 heterocycles. The molecule has 2 aliphatic carbocycles. The SMILES string of the molecule is CCC1CCCC(N=C(N)C2CCCC2)C1. The van der Waals surface area contributed by atoms with Gasteiger partial charge in [0.1, 0.15) is 0 Å². The fraction of sp³-hybridized carbons (Fsp3) is 0.929. The first-order chi connectivity index (χ1) is 7.79. The second kappa shape index (κ2) is 5.70. The molecular formula is C14H26N2. The van der Waals surface area contributed by atoms with E-state index in [1.807, 2.05) is 0 Å². The highest BCUT2D eigenvalue weighted by Gasteiger charge is 2.23. The third-order valence-corrected chi connectivity index (χ3v) is 4.44. The molecule has 0 amide bonds. The molecular weight excluding hydrogens is 196 g/mol. The summed E-state index contributed by atoms with van der Waals surface area (Å²) in [6.45, 7) is 2.30. The Bertz CT molecular complexity index is 241. The first-order valence-corrected chi connectivity index (χ1v) is 7.12. The zero-order chi connectivity index (χ0) is 11.4. The van der Waals surface area contributed by atoms with Gasteiger partial charge in [-0.05, 0) is 31.6 Å². The molecule has 0 aromatic heterocycles. The van der Waals surface area contributed by atoms with Gasteiger partial charge in [-0.3, -0.25) is 4.99 Å². The van der Waals surface area contributed by atoms with Crippen molar-refractivity contribution in [1.29, 1.82) is 0 Å². The van der Waals surface area contributed by atoms with Crippen LogP contribution < -0.4 is 5.73 Å². The molecule has 2 saturated carbocycles. The van der Waals surface area contributed by atoms with Gasteiger partial charge in [-0.2, -0.15) is 0 Å². The molecule has 2 heteroatoms. The number of amidine groups is 1. The molecule has 2 aliphatic rings. The van der Waals surface area contributed by atoms with Gasteiger partial charge in [-0.25, -0.2) is 0 Å². The van der Waals surface area contributed by atoms with E-state index in [1.54, 1.807) is 0 Å². The van der Waals surface area contributed by atoms with Gasteiger partial charge in [0, 0.05) is 5.92 Å². The minimum absolute atomic E-state index is 0.541. The largest absolute Gasteiger partial charge is 0.387 e. The topological polar surface area (TPSA) is 38.4 Å². The van der Waals surface area contributed by atoms with Crippen molar-refractivity contribution in [3.63, 3.8) is 0 Å². The quantitative estimate of drug-likeness (QED) is 0.576. The van der Waals surface area contributed by atoms with Crippen molar-refractivity contribution < 1.29 is 0 Å². The van der Waals surface area contributed by atoms with E-state index in [1.165, 1.54) is 57.8 Å². The van der Waals surface area contributed by atoms with Crippen molar-refractivity contribution in [2.45, 2.75) is 70.8 Å². The molecule has 0 aromatic carbocycles. The summed E-state index contributed by atoms with van der Waals surface area (Å²) in [5.41, 5.74) is 6.15. The van der Waals surface area contributed by atoms with Crippen LogP contribution in [0.4, 0.5) is 0 Å². The molecule has 0 spiro atoms. The summed E-state index contributed by atoms with van der Waals surface area (Å²) in [6.07, 6.45) is 11.9. The average Bonchev–Trinajstić information content (AvgIpc) is 2.83. The summed E-state index contributed by atoms with van der Waals surface area (Å²) in [5.74, 6) is 2.49. The lowest BCUT2D eigenvalue weighted by Crippen LogP contribution is -2.26. The first-order valence-electron chi connectivity index (χ1n) is 7.12. The summed E-state index contributed by atoms with van der Waals surface area (Å²) < 4.78 is 0. The van der Waals surface area contributed by atoms with Crippen molar-refractivity contribution in [2.24, 2.45) is 22.6 Å². The van der Waals surface area contributed by atoms with Crippen molar-refractivity contribution in [1.82, 2.24) is 0 Å². The summed E-state index contributed by atoms with van der Waals surface area (Å²) >= 11 is 0. The predicted molar refractivity (Wildman–Crippen MR) is 69.6 cm³/mol. The second-order valence-corrected chi connectivity index (χ2v) is 5.63. The summed E-state index contributed by atoms with van der Waals surface area (Å²) in [4.78, 5) is 4.81. The molecule has 2 atom stereocenters. The number of aliphatic imine (C=N–C) groups is 1. The lowest BCUT2D eigenvalue weighted by molar-refractivity contribution is 0.315. The standard InChI is InChI=1S/C14H26N2/c1-2-11-6-5-9-13(10-11)16-14(15)12-7-3-4-8-12/h11-13H,2-10H2,1H3,(H2,15,16). The van der Waals surface area contributed by atoms with E-state index in [9.17, 15) is 0 Å². The Morgan fingerprint density at radius 1 is 1.12 bits per heavy atom. The third kappa shape index (κ3) is 2.99. The number of hydrogen-bond acceptors (Lipinski definition) is 1. The van der Waals surface area contributed by atoms with Crippen LogP contribution in [0.1, 0.15) is 64.7 Å². The Balaban J connectivity index is 1.88. The molecule has 2 N–H and O–H groups in total. The Labute approximate surface area is 99.7 Å². The van der Waals surface area contributed by atoms with E-state index in [0.29, 0.717) is 12.0 Å². The minimum atomic E-state index is 0.541. The molecule has 16 heavy (non-hydrogen) atoms. The zero-order valence-electron chi connectivity index (χ0n) is 10.6. The van der Waals surface area contributed by atoms with Crippen molar-refractivity contribution in [2.75, 3.05) is 0 Å². The van der Waals surface area contributed by atoms with Gasteiger partial charge < -0.3 is 5.73 Å². The molecule has 2 fully saturated rings. The Morgan fingerprint density at radius 3 is 2.56 bits per heavy atom. The van der Waals surface area contributed by atoms with E-state index in [-0.39, 0.29) is 0 Å². The number of hydrogen-bond donors (Lipinski definition) is 1. The van der Waals surface area contributed by atoms with Crippen LogP contribution in [0.5, 0.6) is 0 Å². The second-order valence-electron chi connectivity index (χ2n) is 5.63. The van der Waals surface area contributed by atoms with E-state index < -0.39 is 0 Å². The number of nitrogens with zero attached hydrogens (tertiary/aromatic N) is 1. The summed E-state index contributed by atoms with van der Waals surface area (Å²) in [6, 6.07) is 0.541. The van der Waals surface area contributed by atoms with Crippen LogP contribution in [-0.2, 0) is 0 Å². The molecule has 0 radical (unpaired) electrons. The highest BCUT2D eigenvalue weighted by molar-refractivity contribution is 5.83. The Kier molecular flexibility index (Phi) is 4.25.